The highest BCUT2D eigenvalue weighted by atomic mass is 79.9. The van der Waals surface area contributed by atoms with Gasteiger partial charge in [-0.3, -0.25) is 14.5 Å². The van der Waals surface area contributed by atoms with E-state index in [4.69, 9.17) is 4.74 Å². The van der Waals surface area contributed by atoms with E-state index in [0.29, 0.717) is 49.0 Å². The smallest absolute Gasteiger partial charge is 0.265 e. The summed E-state index contributed by atoms with van der Waals surface area (Å²) in [6.07, 6.45) is 1.66. The van der Waals surface area contributed by atoms with E-state index in [-0.39, 0.29) is 25.0 Å². The first-order chi connectivity index (χ1) is 14.1. The van der Waals surface area contributed by atoms with Crippen molar-refractivity contribution in [1.29, 1.82) is 5.26 Å². The molecule has 29 heavy (non-hydrogen) atoms. The zero-order valence-electron chi connectivity index (χ0n) is 15.5. The fourth-order valence-corrected chi connectivity index (χ4v) is 3.83. The summed E-state index contributed by atoms with van der Waals surface area (Å²) in [5.41, 5.74) is 1.12. The van der Waals surface area contributed by atoms with Gasteiger partial charge in [-0.1, -0.05) is 15.9 Å². The summed E-state index contributed by atoms with van der Waals surface area (Å²) in [5, 5.41) is 9.26. The van der Waals surface area contributed by atoms with Crippen LogP contribution in [-0.4, -0.2) is 61.0 Å². The predicted octanol–water partition coefficient (Wildman–Crippen LogP) is 1.79. The summed E-state index contributed by atoms with van der Waals surface area (Å²) in [6.45, 7) is 2.07. The van der Waals surface area contributed by atoms with E-state index in [2.05, 4.69) is 27.0 Å². The molecule has 2 aliphatic heterocycles. The molecule has 1 saturated heterocycles. The maximum atomic E-state index is 12.9. The van der Waals surface area contributed by atoms with E-state index in [9.17, 15) is 14.9 Å². The van der Waals surface area contributed by atoms with Crippen LogP contribution in [0, 0.1) is 11.3 Å². The Hall–Kier alpha value is -3.12. The Morgan fingerprint density at radius 1 is 1.24 bits per heavy atom. The first kappa shape index (κ1) is 19.2. The van der Waals surface area contributed by atoms with Crippen LogP contribution in [0.4, 0.5) is 11.5 Å². The summed E-state index contributed by atoms with van der Waals surface area (Å²) >= 11 is 3.39. The van der Waals surface area contributed by atoms with Crippen molar-refractivity contribution in [3.63, 3.8) is 0 Å². The molecule has 2 aliphatic rings. The second-order valence-corrected chi connectivity index (χ2v) is 7.65. The normalized spacial score (nSPS) is 16.1. The van der Waals surface area contributed by atoms with Crippen molar-refractivity contribution in [1.82, 2.24) is 9.88 Å². The van der Waals surface area contributed by atoms with Gasteiger partial charge in [0, 0.05) is 36.8 Å². The molecular formula is C20H18BrN5O3. The van der Waals surface area contributed by atoms with Crippen LogP contribution in [0.1, 0.15) is 5.56 Å². The van der Waals surface area contributed by atoms with E-state index in [1.807, 2.05) is 11.0 Å². The molecule has 0 radical (unpaired) electrons. The molecule has 0 atom stereocenters. The van der Waals surface area contributed by atoms with E-state index < -0.39 is 0 Å². The lowest BCUT2D eigenvalue weighted by atomic mass is 10.2. The fourth-order valence-electron chi connectivity index (χ4n) is 3.49. The van der Waals surface area contributed by atoms with Gasteiger partial charge in [0.25, 0.3) is 5.91 Å². The molecule has 0 aliphatic carbocycles. The highest BCUT2D eigenvalue weighted by Crippen LogP contribution is 2.34. The Morgan fingerprint density at radius 3 is 2.79 bits per heavy atom. The monoisotopic (exact) mass is 455 g/mol. The number of hydrogen-bond acceptors (Lipinski definition) is 6. The van der Waals surface area contributed by atoms with Crippen LogP contribution in [0.5, 0.6) is 5.75 Å². The van der Waals surface area contributed by atoms with Crippen LogP contribution in [0.3, 0.4) is 0 Å². The van der Waals surface area contributed by atoms with Gasteiger partial charge in [0.05, 0.1) is 11.3 Å². The van der Waals surface area contributed by atoms with Gasteiger partial charge < -0.3 is 14.5 Å². The number of pyridine rings is 1. The zero-order chi connectivity index (χ0) is 20.4. The quantitative estimate of drug-likeness (QED) is 0.700. The Balaban J connectivity index is 1.42. The Kier molecular flexibility index (Phi) is 5.36. The number of anilines is 2. The number of nitrogens with zero attached hydrogens (tertiary/aromatic N) is 5. The SMILES string of the molecule is N#Cc1cccnc1N1CCN(C(=O)CN2C(=O)COc3cc(Br)ccc32)CC1. The lowest BCUT2D eigenvalue weighted by Gasteiger charge is -2.37. The van der Waals surface area contributed by atoms with Gasteiger partial charge in [0.2, 0.25) is 5.91 Å². The molecule has 0 spiro atoms. The number of aromatic nitrogens is 1. The highest BCUT2D eigenvalue weighted by Gasteiger charge is 2.30. The Labute approximate surface area is 176 Å². The average Bonchev–Trinajstić information content (AvgIpc) is 2.75. The molecule has 1 aromatic carbocycles. The van der Waals surface area contributed by atoms with Crippen LogP contribution >= 0.6 is 15.9 Å². The van der Waals surface area contributed by atoms with Gasteiger partial charge in [-0.25, -0.2) is 4.98 Å². The molecule has 0 bridgehead atoms. The lowest BCUT2D eigenvalue weighted by Crippen LogP contribution is -2.53. The average molecular weight is 456 g/mol. The number of amides is 2. The molecule has 0 unspecified atom stereocenters. The summed E-state index contributed by atoms with van der Waals surface area (Å²) in [6, 6.07) is 11.0. The molecule has 2 aromatic rings. The number of rotatable bonds is 3. The third-order valence-electron chi connectivity index (χ3n) is 5.00. The summed E-state index contributed by atoms with van der Waals surface area (Å²) in [5.74, 6) is 0.870. The van der Waals surface area contributed by atoms with E-state index in [1.54, 1.807) is 35.4 Å². The molecule has 0 saturated carbocycles. The van der Waals surface area contributed by atoms with Crippen molar-refractivity contribution >= 4 is 39.2 Å². The molecule has 8 nitrogen and oxygen atoms in total. The number of nitriles is 1. The number of hydrogen-bond donors (Lipinski definition) is 0. The molecule has 3 heterocycles. The van der Waals surface area contributed by atoms with Gasteiger partial charge in [0.15, 0.2) is 6.61 Å². The minimum Gasteiger partial charge on any atom is -0.482 e. The van der Waals surface area contributed by atoms with Gasteiger partial charge in [-0.2, -0.15) is 5.26 Å². The number of halogens is 1. The molecule has 1 fully saturated rings. The van der Waals surface area contributed by atoms with E-state index in [1.165, 1.54) is 4.90 Å². The first-order valence-corrected chi connectivity index (χ1v) is 9.96. The van der Waals surface area contributed by atoms with Crippen LogP contribution in [0.25, 0.3) is 0 Å². The van der Waals surface area contributed by atoms with Crippen molar-refractivity contribution in [2.24, 2.45) is 0 Å². The third-order valence-corrected chi connectivity index (χ3v) is 5.49. The standard InChI is InChI=1S/C20H18BrN5O3/c21-15-3-4-16-17(10-15)29-13-19(28)26(16)12-18(27)24-6-8-25(9-7-24)20-14(11-22)2-1-5-23-20/h1-5,10H,6-9,12-13H2. The van der Waals surface area contributed by atoms with Gasteiger partial charge >= 0.3 is 0 Å². The molecule has 0 N–H and O–H groups in total. The molecule has 148 valence electrons. The molecular weight excluding hydrogens is 438 g/mol. The van der Waals surface area contributed by atoms with Crippen LogP contribution in [0.15, 0.2) is 41.0 Å². The summed E-state index contributed by atoms with van der Waals surface area (Å²) < 4.78 is 6.32. The van der Waals surface area contributed by atoms with Gasteiger partial charge in [-0.15, -0.1) is 0 Å². The molecule has 9 heteroatoms. The fraction of sp³-hybridized carbons (Fsp3) is 0.300. The van der Waals surface area contributed by atoms with Crippen LogP contribution in [0.2, 0.25) is 0 Å². The molecule has 1 aromatic heterocycles. The summed E-state index contributed by atoms with van der Waals surface area (Å²) in [4.78, 5) is 34.7. The number of benzene rings is 1. The Morgan fingerprint density at radius 2 is 2.03 bits per heavy atom. The largest absolute Gasteiger partial charge is 0.482 e. The van der Waals surface area contributed by atoms with Gasteiger partial charge in [0.1, 0.15) is 24.2 Å². The first-order valence-electron chi connectivity index (χ1n) is 9.17. The topological polar surface area (TPSA) is 89.8 Å². The minimum absolute atomic E-state index is 0.0240. The van der Waals surface area contributed by atoms with Crippen molar-refractivity contribution in [3.05, 3.63) is 46.6 Å². The molecule has 2 amide bonds. The minimum atomic E-state index is -0.237. The van der Waals surface area contributed by atoms with Crippen molar-refractivity contribution < 1.29 is 14.3 Å². The van der Waals surface area contributed by atoms with Crippen molar-refractivity contribution in [2.75, 3.05) is 49.1 Å². The number of ether oxygens (including phenoxy) is 1. The lowest BCUT2D eigenvalue weighted by molar-refractivity contribution is -0.132. The predicted molar refractivity (Wildman–Crippen MR) is 110 cm³/mol. The number of piperazine rings is 1. The number of fused-ring (bicyclic) bond motifs is 1. The summed E-state index contributed by atoms with van der Waals surface area (Å²) in [7, 11) is 0. The zero-order valence-corrected chi connectivity index (χ0v) is 17.1. The second kappa shape index (κ2) is 8.09. The van der Waals surface area contributed by atoms with Crippen molar-refractivity contribution in [2.45, 2.75) is 0 Å². The maximum Gasteiger partial charge on any atom is 0.265 e. The molecule has 4 rings (SSSR count). The van der Waals surface area contributed by atoms with E-state index in [0.717, 1.165) is 4.47 Å². The number of carbonyl (C=O) groups is 2. The third kappa shape index (κ3) is 3.89. The Bertz CT molecular complexity index is 998. The van der Waals surface area contributed by atoms with Crippen LogP contribution in [-0.2, 0) is 9.59 Å². The second-order valence-electron chi connectivity index (χ2n) is 6.73. The number of carbonyl (C=O) groups excluding carboxylic acids is 2. The van der Waals surface area contributed by atoms with Crippen molar-refractivity contribution in [3.8, 4) is 11.8 Å². The highest BCUT2D eigenvalue weighted by molar-refractivity contribution is 9.10. The maximum absolute atomic E-state index is 12.9. The van der Waals surface area contributed by atoms with Crippen LogP contribution < -0.4 is 14.5 Å². The van der Waals surface area contributed by atoms with E-state index >= 15 is 0 Å². The van der Waals surface area contributed by atoms with Gasteiger partial charge in [-0.05, 0) is 30.3 Å².